The van der Waals surface area contributed by atoms with Crippen LogP contribution in [0.2, 0.25) is 0 Å². The lowest BCUT2D eigenvalue weighted by molar-refractivity contribution is 0.0199. The molecule has 0 saturated carbocycles. The molecule has 0 amide bonds. The van der Waals surface area contributed by atoms with Gasteiger partial charge in [-0.2, -0.15) is 0 Å². The van der Waals surface area contributed by atoms with Crippen molar-refractivity contribution in [1.29, 1.82) is 0 Å². The molecule has 5 nitrogen and oxygen atoms in total. The second-order valence-corrected chi connectivity index (χ2v) is 6.79. The van der Waals surface area contributed by atoms with Gasteiger partial charge in [-0.1, -0.05) is 30.3 Å². The summed E-state index contributed by atoms with van der Waals surface area (Å²) >= 11 is 0. The molecular weight excluding hydrogens is 314 g/mol. The molecule has 0 aliphatic carbocycles. The molecular formula is C20H31N3O2. The van der Waals surface area contributed by atoms with Crippen molar-refractivity contribution in [3.8, 4) is 0 Å². The van der Waals surface area contributed by atoms with E-state index in [0.717, 1.165) is 45.0 Å². The fourth-order valence-corrected chi connectivity index (χ4v) is 3.58. The molecule has 0 radical (unpaired) electrons. The zero-order chi connectivity index (χ0) is 17.3. The highest BCUT2D eigenvalue weighted by Gasteiger charge is 2.25. The monoisotopic (exact) mass is 345 g/mol. The van der Waals surface area contributed by atoms with Crippen LogP contribution in [0.3, 0.4) is 0 Å². The second-order valence-electron chi connectivity index (χ2n) is 6.79. The predicted octanol–water partition coefficient (Wildman–Crippen LogP) is 2.64. The topological polar surface area (TPSA) is 46.1 Å². The van der Waals surface area contributed by atoms with Crippen LogP contribution < -0.4 is 5.32 Å². The van der Waals surface area contributed by atoms with Gasteiger partial charge >= 0.3 is 0 Å². The molecule has 1 N–H and O–H groups in total. The average molecular weight is 345 g/mol. The Hall–Kier alpha value is -1.59. The summed E-state index contributed by atoms with van der Waals surface area (Å²) in [5.74, 6) is 1.61. The van der Waals surface area contributed by atoms with Crippen LogP contribution in [0.5, 0.6) is 0 Å². The Bertz CT molecular complexity index is 529. The Labute approximate surface area is 151 Å². The van der Waals surface area contributed by atoms with E-state index in [1.54, 1.807) is 0 Å². The van der Waals surface area contributed by atoms with E-state index in [1.165, 1.54) is 12.0 Å². The highest BCUT2D eigenvalue weighted by Crippen LogP contribution is 2.26. The predicted molar refractivity (Wildman–Crippen MR) is 101 cm³/mol. The third-order valence-electron chi connectivity index (χ3n) is 4.92. The third kappa shape index (κ3) is 5.44. The number of guanidine groups is 1. The van der Waals surface area contributed by atoms with Gasteiger partial charge in [0, 0.05) is 32.2 Å². The third-order valence-corrected chi connectivity index (χ3v) is 4.92. The molecule has 0 bridgehead atoms. The number of rotatable bonds is 7. The Balaban J connectivity index is 1.45. The van der Waals surface area contributed by atoms with Crippen LogP contribution in [-0.4, -0.2) is 63.0 Å². The Morgan fingerprint density at radius 2 is 2.20 bits per heavy atom. The van der Waals surface area contributed by atoms with Gasteiger partial charge in [0.1, 0.15) is 0 Å². The van der Waals surface area contributed by atoms with Gasteiger partial charge in [0.05, 0.1) is 25.9 Å². The molecule has 2 atom stereocenters. The summed E-state index contributed by atoms with van der Waals surface area (Å²) in [5.41, 5.74) is 1.43. The van der Waals surface area contributed by atoms with E-state index in [4.69, 9.17) is 14.5 Å². The molecule has 25 heavy (non-hydrogen) atoms. The van der Waals surface area contributed by atoms with Gasteiger partial charge in [-0.15, -0.1) is 0 Å². The van der Waals surface area contributed by atoms with Crippen molar-refractivity contribution in [2.24, 2.45) is 4.99 Å². The molecule has 0 spiro atoms. The summed E-state index contributed by atoms with van der Waals surface area (Å²) in [6.45, 7) is 8.04. The summed E-state index contributed by atoms with van der Waals surface area (Å²) in [4.78, 5) is 7.13. The average Bonchev–Trinajstić information content (AvgIpc) is 3.33. The van der Waals surface area contributed by atoms with Gasteiger partial charge in [-0.25, -0.2) is 0 Å². The molecule has 2 aliphatic rings. The zero-order valence-electron chi connectivity index (χ0n) is 15.3. The van der Waals surface area contributed by atoms with Gasteiger partial charge in [0.15, 0.2) is 5.96 Å². The van der Waals surface area contributed by atoms with E-state index in [1.807, 2.05) is 0 Å². The summed E-state index contributed by atoms with van der Waals surface area (Å²) in [7, 11) is 0. The second kappa shape index (κ2) is 9.78. The highest BCUT2D eigenvalue weighted by molar-refractivity contribution is 5.80. The SMILES string of the molecule is CCNC(=NCCOCC1CCCO1)N1CCC(c2ccccc2)C1. The molecule has 3 rings (SSSR count). The molecule has 2 heterocycles. The normalized spacial score (nSPS) is 24.0. The maximum atomic E-state index is 5.72. The summed E-state index contributed by atoms with van der Waals surface area (Å²) in [5, 5.41) is 3.42. The summed E-state index contributed by atoms with van der Waals surface area (Å²) in [6.07, 6.45) is 3.76. The van der Waals surface area contributed by atoms with Crippen molar-refractivity contribution in [2.45, 2.75) is 38.2 Å². The molecule has 2 unspecified atom stereocenters. The number of nitrogens with zero attached hydrogens (tertiary/aromatic N) is 2. The first-order valence-corrected chi connectivity index (χ1v) is 9.64. The van der Waals surface area contributed by atoms with Crippen molar-refractivity contribution < 1.29 is 9.47 Å². The lowest BCUT2D eigenvalue weighted by atomic mass is 9.99. The van der Waals surface area contributed by atoms with Crippen LogP contribution >= 0.6 is 0 Å². The van der Waals surface area contributed by atoms with Crippen LogP contribution in [0, 0.1) is 0 Å². The number of benzene rings is 1. The van der Waals surface area contributed by atoms with E-state index < -0.39 is 0 Å². The molecule has 1 aromatic rings. The Kier molecular flexibility index (Phi) is 7.12. The molecule has 2 saturated heterocycles. The fraction of sp³-hybridized carbons (Fsp3) is 0.650. The van der Waals surface area contributed by atoms with E-state index in [-0.39, 0.29) is 0 Å². The van der Waals surface area contributed by atoms with Crippen LogP contribution in [0.25, 0.3) is 0 Å². The van der Waals surface area contributed by atoms with Crippen molar-refractivity contribution in [3.05, 3.63) is 35.9 Å². The summed E-state index contributed by atoms with van der Waals surface area (Å²) < 4.78 is 11.3. The van der Waals surface area contributed by atoms with Crippen LogP contribution in [-0.2, 0) is 9.47 Å². The molecule has 2 fully saturated rings. The standard InChI is InChI=1S/C20H31N3O2/c1-2-21-20(22-11-14-24-16-19-9-6-13-25-19)23-12-10-18(15-23)17-7-4-3-5-8-17/h3-5,7-8,18-19H,2,6,9-16H2,1H3,(H,21,22). The highest BCUT2D eigenvalue weighted by atomic mass is 16.5. The van der Waals surface area contributed by atoms with E-state index in [2.05, 4.69) is 47.5 Å². The smallest absolute Gasteiger partial charge is 0.194 e. The van der Waals surface area contributed by atoms with E-state index >= 15 is 0 Å². The van der Waals surface area contributed by atoms with Crippen LogP contribution in [0.1, 0.15) is 37.7 Å². The van der Waals surface area contributed by atoms with E-state index in [0.29, 0.717) is 31.8 Å². The van der Waals surface area contributed by atoms with Crippen molar-refractivity contribution in [3.63, 3.8) is 0 Å². The quantitative estimate of drug-likeness (QED) is 0.469. The van der Waals surface area contributed by atoms with Gasteiger partial charge in [-0.3, -0.25) is 4.99 Å². The van der Waals surface area contributed by atoms with Gasteiger partial charge in [0.2, 0.25) is 0 Å². The minimum atomic E-state index is 0.294. The van der Waals surface area contributed by atoms with Crippen molar-refractivity contribution in [1.82, 2.24) is 10.2 Å². The minimum Gasteiger partial charge on any atom is -0.377 e. The number of nitrogens with one attached hydrogen (secondary N) is 1. The minimum absolute atomic E-state index is 0.294. The molecule has 2 aliphatic heterocycles. The number of aliphatic imine (C=N–C) groups is 1. The van der Waals surface area contributed by atoms with Crippen molar-refractivity contribution in [2.75, 3.05) is 46.0 Å². The fourth-order valence-electron chi connectivity index (χ4n) is 3.58. The number of hydrogen-bond donors (Lipinski definition) is 1. The first-order chi connectivity index (χ1) is 12.4. The summed E-state index contributed by atoms with van der Waals surface area (Å²) in [6, 6.07) is 10.8. The maximum absolute atomic E-state index is 5.72. The number of hydrogen-bond acceptors (Lipinski definition) is 3. The molecule has 1 aromatic carbocycles. The first-order valence-electron chi connectivity index (χ1n) is 9.64. The lowest BCUT2D eigenvalue weighted by Crippen LogP contribution is -2.40. The first kappa shape index (κ1) is 18.2. The Morgan fingerprint density at radius 3 is 2.96 bits per heavy atom. The van der Waals surface area contributed by atoms with Crippen LogP contribution in [0.4, 0.5) is 0 Å². The van der Waals surface area contributed by atoms with Gasteiger partial charge < -0.3 is 19.7 Å². The van der Waals surface area contributed by atoms with Crippen LogP contribution in [0.15, 0.2) is 35.3 Å². The molecule has 0 aromatic heterocycles. The number of ether oxygens (including phenoxy) is 2. The number of likely N-dealkylation sites (tertiary alicyclic amines) is 1. The lowest BCUT2D eigenvalue weighted by Gasteiger charge is -2.22. The molecule has 138 valence electrons. The van der Waals surface area contributed by atoms with Gasteiger partial charge in [-0.05, 0) is 31.7 Å². The zero-order valence-corrected chi connectivity index (χ0v) is 15.3. The Morgan fingerprint density at radius 1 is 1.32 bits per heavy atom. The largest absolute Gasteiger partial charge is 0.377 e. The maximum Gasteiger partial charge on any atom is 0.194 e. The van der Waals surface area contributed by atoms with E-state index in [9.17, 15) is 0 Å². The van der Waals surface area contributed by atoms with Crippen molar-refractivity contribution >= 4 is 5.96 Å². The van der Waals surface area contributed by atoms with Gasteiger partial charge in [0.25, 0.3) is 0 Å². The molecule has 5 heteroatoms.